The van der Waals surface area contributed by atoms with Crippen LogP contribution in [0.3, 0.4) is 0 Å². The molecule has 1 aromatic heterocycles. The van der Waals surface area contributed by atoms with Crippen LogP contribution < -0.4 is 5.32 Å². The van der Waals surface area contributed by atoms with E-state index in [-0.39, 0.29) is 0 Å². The summed E-state index contributed by atoms with van der Waals surface area (Å²) in [5.74, 6) is 1.68. The first kappa shape index (κ1) is 14.3. The second kappa shape index (κ2) is 6.39. The minimum absolute atomic E-state index is 0.767. The molecule has 0 saturated carbocycles. The van der Waals surface area contributed by atoms with Gasteiger partial charge in [0.2, 0.25) is 0 Å². The molecular formula is C17H16IN3. The van der Waals surface area contributed by atoms with Crippen LogP contribution in [0.5, 0.6) is 0 Å². The van der Waals surface area contributed by atoms with Crippen LogP contribution in [0.15, 0.2) is 48.5 Å². The van der Waals surface area contributed by atoms with Gasteiger partial charge in [-0.05, 0) is 53.3 Å². The lowest BCUT2D eigenvalue weighted by Gasteiger charge is -2.10. The predicted molar refractivity (Wildman–Crippen MR) is 96.5 cm³/mol. The Kier molecular flexibility index (Phi) is 4.34. The zero-order chi connectivity index (χ0) is 14.7. The highest BCUT2D eigenvalue weighted by Crippen LogP contribution is 2.25. The van der Waals surface area contributed by atoms with Gasteiger partial charge >= 0.3 is 0 Å². The van der Waals surface area contributed by atoms with Gasteiger partial charge in [0.1, 0.15) is 5.82 Å². The van der Waals surface area contributed by atoms with Crippen LogP contribution in [0, 0.1) is 3.57 Å². The van der Waals surface area contributed by atoms with E-state index in [1.165, 1.54) is 3.57 Å². The molecule has 21 heavy (non-hydrogen) atoms. The molecule has 0 aliphatic carbocycles. The number of hydrogen-bond donors (Lipinski definition) is 1. The molecule has 4 heteroatoms. The number of rotatable bonds is 4. The molecular weight excluding hydrogens is 373 g/mol. The highest BCUT2D eigenvalue weighted by molar-refractivity contribution is 14.1. The van der Waals surface area contributed by atoms with Crippen LogP contribution >= 0.6 is 22.6 Å². The number of halogens is 1. The first-order chi connectivity index (χ1) is 10.3. The van der Waals surface area contributed by atoms with E-state index >= 15 is 0 Å². The molecule has 0 unspecified atom stereocenters. The monoisotopic (exact) mass is 389 g/mol. The van der Waals surface area contributed by atoms with Crippen LogP contribution in [0.2, 0.25) is 0 Å². The standard InChI is InChI=1S/C17H16IN3/c1-2-11-19-17-14-5-3-4-6-15(14)20-16(21-17)12-7-9-13(18)10-8-12/h3-10H,2,11H2,1H3,(H,19,20,21). The maximum atomic E-state index is 4.71. The van der Waals surface area contributed by atoms with Gasteiger partial charge in [-0.2, -0.15) is 0 Å². The Morgan fingerprint density at radius 2 is 1.76 bits per heavy atom. The number of nitrogens with one attached hydrogen (secondary N) is 1. The molecule has 1 N–H and O–H groups in total. The number of benzene rings is 2. The first-order valence-electron chi connectivity index (χ1n) is 7.04. The van der Waals surface area contributed by atoms with Gasteiger partial charge in [-0.25, -0.2) is 9.97 Å². The van der Waals surface area contributed by atoms with E-state index in [2.05, 4.69) is 65.2 Å². The van der Waals surface area contributed by atoms with Crippen molar-refractivity contribution < 1.29 is 0 Å². The van der Waals surface area contributed by atoms with Crippen molar-refractivity contribution in [3.63, 3.8) is 0 Å². The van der Waals surface area contributed by atoms with E-state index < -0.39 is 0 Å². The highest BCUT2D eigenvalue weighted by atomic mass is 127. The summed E-state index contributed by atoms with van der Waals surface area (Å²) in [6.45, 7) is 3.06. The largest absolute Gasteiger partial charge is 0.369 e. The van der Waals surface area contributed by atoms with Crippen LogP contribution in [-0.2, 0) is 0 Å². The summed E-state index contributed by atoms with van der Waals surface area (Å²) < 4.78 is 1.21. The summed E-state index contributed by atoms with van der Waals surface area (Å²) >= 11 is 2.30. The molecule has 0 bridgehead atoms. The van der Waals surface area contributed by atoms with Gasteiger partial charge in [0.15, 0.2) is 5.82 Å². The molecule has 0 spiro atoms. The van der Waals surface area contributed by atoms with Gasteiger partial charge in [0.05, 0.1) is 5.52 Å². The Hall–Kier alpha value is -1.69. The van der Waals surface area contributed by atoms with Gasteiger partial charge in [-0.1, -0.05) is 31.2 Å². The Labute approximate surface area is 138 Å². The van der Waals surface area contributed by atoms with Crippen LogP contribution in [0.4, 0.5) is 5.82 Å². The summed E-state index contributed by atoms with van der Waals surface area (Å²) in [5, 5.41) is 4.48. The molecule has 0 atom stereocenters. The zero-order valence-corrected chi connectivity index (χ0v) is 14.0. The average Bonchev–Trinajstić information content (AvgIpc) is 2.53. The minimum Gasteiger partial charge on any atom is -0.369 e. The number of anilines is 1. The van der Waals surface area contributed by atoms with E-state index in [0.29, 0.717) is 0 Å². The molecule has 3 aromatic rings. The number of nitrogens with zero attached hydrogens (tertiary/aromatic N) is 2. The second-order valence-corrected chi connectivity index (χ2v) is 6.09. The third kappa shape index (κ3) is 3.15. The first-order valence-corrected chi connectivity index (χ1v) is 8.12. The SMILES string of the molecule is CCCNc1nc(-c2ccc(I)cc2)nc2ccccc12. The fraction of sp³-hybridized carbons (Fsp3) is 0.176. The smallest absolute Gasteiger partial charge is 0.162 e. The van der Waals surface area contributed by atoms with Crippen molar-refractivity contribution in [2.24, 2.45) is 0 Å². The van der Waals surface area contributed by atoms with E-state index in [0.717, 1.165) is 41.1 Å². The maximum absolute atomic E-state index is 4.71. The third-order valence-electron chi connectivity index (χ3n) is 3.25. The van der Waals surface area contributed by atoms with Crippen LogP contribution in [0.25, 0.3) is 22.3 Å². The van der Waals surface area contributed by atoms with Crippen molar-refractivity contribution in [2.75, 3.05) is 11.9 Å². The average molecular weight is 389 g/mol. The van der Waals surface area contributed by atoms with Gasteiger partial charge < -0.3 is 5.32 Å². The molecule has 3 nitrogen and oxygen atoms in total. The molecule has 3 rings (SSSR count). The van der Waals surface area contributed by atoms with E-state index in [9.17, 15) is 0 Å². The second-order valence-electron chi connectivity index (χ2n) is 4.85. The van der Waals surface area contributed by atoms with Crippen molar-refractivity contribution in [1.82, 2.24) is 9.97 Å². The fourth-order valence-electron chi connectivity index (χ4n) is 2.18. The van der Waals surface area contributed by atoms with E-state index in [1.54, 1.807) is 0 Å². The van der Waals surface area contributed by atoms with Crippen molar-refractivity contribution in [3.8, 4) is 11.4 Å². The van der Waals surface area contributed by atoms with Gasteiger partial charge in [-0.15, -0.1) is 0 Å². The zero-order valence-electron chi connectivity index (χ0n) is 11.8. The van der Waals surface area contributed by atoms with E-state index in [4.69, 9.17) is 9.97 Å². The summed E-state index contributed by atoms with van der Waals surface area (Å²) in [7, 11) is 0. The predicted octanol–water partition coefficient (Wildman–Crippen LogP) is 4.72. The molecule has 106 valence electrons. The summed E-state index contributed by atoms with van der Waals surface area (Å²) in [6.07, 6.45) is 1.07. The van der Waals surface area contributed by atoms with Gasteiger partial charge in [-0.3, -0.25) is 0 Å². The van der Waals surface area contributed by atoms with E-state index in [1.807, 2.05) is 18.2 Å². The van der Waals surface area contributed by atoms with Crippen LogP contribution in [0.1, 0.15) is 13.3 Å². The quantitative estimate of drug-likeness (QED) is 0.656. The molecule has 0 aliphatic rings. The summed E-state index contributed by atoms with van der Waals surface area (Å²) in [4.78, 5) is 9.40. The number of aromatic nitrogens is 2. The van der Waals surface area contributed by atoms with Gasteiger partial charge in [0.25, 0.3) is 0 Å². The molecule has 0 fully saturated rings. The molecule has 0 aliphatic heterocycles. The third-order valence-corrected chi connectivity index (χ3v) is 3.97. The lowest BCUT2D eigenvalue weighted by molar-refractivity contribution is 0.970. The molecule has 0 amide bonds. The van der Waals surface area contributed by atoms with Crippen LogP contribution in [-0.4, -0.2) is 16.5 Å². The Bertz CT molecular complexity index is 754. The van der Waals surface area contributed by atoms with Crippen molar-refractivity contribution in [1.29, 1.82) is 0 Å². The topological polar surface area (TPSA) is 37.8 Å². The Morgan fingerprint density at radius 3 is 2.52 bits per heavy atom. The van der Waals surface area contributed by atoms with Crippen molar-refractivity contribution >= 4 is 39.3 Å². The number of hydrogen-bond acceptors (Lipinski definition) is 3. The lowest BCUT2D eigenvalue weighted by Crippen LogP contribution is -2.04. The Morgan fingerprint density at radius 1 is 1.00 bits per heavy atom. The fourth-order valence-corrected chi connectivity index (χ4v) is 2.54. The number of fused-ring (bicyclic) bond motifs is 1. The lowest BCUT2D eigenvalue weighted by atomic mass is 10.2. The van der Waals surface area contributed by atoms with Crippen molar-refractivity contribution in [3.05, 3.63) is 52.1 Å². The number of para-hydroxylation sites is 1. The normalized spacial score (nSPS) is 10.8. The molecule has 1 heterocycles. The maximum Gasteiger partial charge on any atom is 0.162 e. The molecule has 0 saturated heterocycles. The van der Waals surface area contributed by atoms with Crippen molar-refractivity contribution in [2.45, 2.75) is 13.3 Å². The molecule has 2 aromatic carbocycles. The molecule has 0 radical (unpaired) electrons. The Balaban J connectivity index is 2.12. The summed E-state index contributed by atoms with van der Waals surface area (Å²) in [6, 6.07) is 16.4. The minimum atomic E-state index is 0.767. The van der Waals surface area contributed by atoms with Gasteiger partial charge in [0, 0.05) is 21.1 Å². The summed E-state index contributed by atoms with van der Waals surface area (Å²) in [5.41, 5.74) is 2.01. The highest BCUT2D eigenvalue weighted by Gasteiger charge is 2.08.